The van der Waals surface area contributed by atoms with Crippen LogP contribution in [0.5, 0.6) is 0 Å². The zero-order chi connectivity index (χ0) is 19.9. The lowest BCUT2D eigenvalue weighted by atomic mass is 10.2. The summed E-state index contributed by atoms with van der Waals surface area (Å²) in [7, 11) is -3.55. The normalized spacial score (nSPS) is 16.0. The number of esters is 1. The van der Waals surface area contributed by atoms with Gasteiger partial charge in [0.25, 0.3) is 5.91 Å². The highest BCUT2D eigenvalue weighted by molar-refractivity contribution is 7.89. The van der Waals surface area contributed by atoms with E-state index in [1.54, 1.807) is 0 Å². The molecule has 0 aliphatic carbocycles. The molecule has 7 nitrogen and oxygen atoms in total. The van der Waals surface area contributed by atoms with Gasteiger partial charge in [0.05, 0.1) is 10.5 Å². The molecule has 150 valence electrons. The van der Waals surface area contributed by atoms with Gasteiger partial charge in [-0.3, -0.25) is 4.79 Å². The number of carbonyl (C=O) groups excluding carboxylic acids is 2. The van der Waals surface area contributed by atoms with Crippen molar-refractivity contribution in [2.45, 2.75) is 44.4 Å². The van der Waals surface area contributed by atoms with E-state index < -0.39 is 16.0 Å². The van der Waals surface area contributed by atoms with Gasteiger partial charge in [-0.2, -0.15) is 4.31 Å². The van der Waals surface area contributed by atoms with Gasteiger partial charge in [0.15, 0.2) is 6.61 Å². The minimum Gasteiger partial charge on any atom is -0.452 e. The molecule has 1 aliphatic rings. The van der Waals surface area contributed by atoms with Crippen LogP contribution in [0.25, 0.3) is 0 Å². The molecule has 0 aromatic heterocycles. The van der Waals surface area contributed by atoms with Crippen molar-refractivity contribution >= 4 is 21.9 Å². The fourth-order valence-electron chi connectivity index (χ4n) is 2.78. The lowest BCUT2D eigenvalue weighted by Crippen LogP contribution is -2.32. The Morgan fingerprint density at radius 3 is 2.22 bits per heavy atom. The SMILES string of the molecule is CC(C)CNC(=O)COC(=O)c1ccc(S(=O)(=O)N2CCCCCC2)cc1. The summed E-state index contributed by atoms with van der Waals surface area (Å²) in [4.78, 5) is 23.8. The average molecular weight is 397 g/mol. The maximum Gasteiger partial charge on any atom is 0.338 e. The van der Waals surface area contributed by atoms with Gasteiger partial charge in [0, 0.05) is 19.6 Å². The molecule has 1 fully saturated rings. The molecule has 1 N–H and O–H groups in total. The number of carbonyl (C=O) groups is 2. The second-order valence-electron chi connectivity index (χ2n) is 7.12. The zero-order valence-electron chi connectivity index (χ0n) is 15.9. The number of nitrogens with one attached hydrogen (secondary N) is 1. The number of sulfonamides is 1. The summed E-state index contributed by atoms with van der Waals surface area (Å²) in [5, 5.41) is 2.66. The molecule has 1 amide bonds. The standard InChI is InChI=1S/C19H28N2O5S/c1-15(2)13-20-18(22)14-26-19(23)16-7-9-17(10-8-16)27(24,25)21-11-5-3-4-6-12-21/h7-10,15H,3-6,11-14H2,1-2H3,(H,20,22). The summed E-state index contributed by atoms with van der Waals surface area (Å²) >= 11 is 0. The van der Waals surface area contributed by atoms with Crippen LogP contribution in [0.2, 0.25) is 0 Å². The molecule has 0 bridgehead atoms. The Hall–Kier alpha value is -1.93. The van der Waals surface area contributed by atoms with Gasteiger partial charge in [-0.05, 0) is 43.0 Å². The molecule has 0 unspecified atom stereocenters. The van der Waals surface area contributed by atoms with Crippen molar-refractivity contribution in [3.8, 4) is 0 Å². The molecular weight excluding hydrogens is 368 g/mol. The van der Waals surface area contributed by atoms with Gasteiger partial charge < -0.3 is 10.1 Å². The highest BCUT2D eigenvalue weighted by Gasteiger charge is 2.25. The summed E-state index contributed by atoms with van der Waals surface area (Å²) in [6, 6.07) is 5.66. The number of hydrogen-bond acceptors (Lipinski definition) is 5. The Labute approximate surface area is 161 Å². The lowest BCUT2D eigenvalue weighted by molar-refractivity contribution is -0.124. The van der Waals surface area contributed by atoms with Crippen molar-refractivity contribution in [2.75, 3.05) is 26.2 Å². The fourth-order valence-corrected chi connectivity index (χ4v) is 4.29. The molecule has 2 rings (SSSR count). The van der Waals surface area contributed by atoms with Crippen molar-refractivity contribution in [2.24, 2.45) is 5.92 Å². The van der Waals surface area contributed by atoms with Crippen LogP contribution in [-0.4, -0.2) is 50.8 Å². The summed E-state index contributed by atoms with van der Waals surface area (Å²) in [5.41, 5.74) is 0.210. The first-order valence-corrected chi connectivity index (χ1v) is 10.8. The monoisotopic (exact) mass is 396 g/mol. The van der Waals surface area contributed by atoms with Crippen molar-refractivity contribution in [3.05, 3.63) is 29.8 Å². The van der Waals surface area contributed by atoms with Crippen molar-refractivity contribution in [1.82, 2.24) is 9.62 Å². The third-order valence-electron chi connectivity index (χ3n) is 4.33. The molecule has 1 aromatic rings. The van der Waals surface area contributed by atoms with E-state index in [-0.39, 0.29) is 23.0 Å². The summed E-state index contributed by atoms with van der Waals surface area (Å²) in [6.07, 6.45) is 3.81. The van der Waals surface area contributed by atoms with Gasteiger partial charge >= 0.3 is 5.97 Å². The van der Waals surface area contributed by atoms with E-state index in [1.807, 2.05) is 13.8 Å². The summed E-state index contributed by atoms with van der Waals surface area (Å²) in [6.45, 7) is 5.13. The molecular formula is C19H28N2O5S. The second kappa shape index (κ2) is 9.85. The van der Waals surface area contributed by atoms with Gasteiger partial charge in [0.2, 0.25) is 10.0 Å². The van der Waals surface area contributed by atoms with E-state index in [0.717, 1.165) is 25.7 Å². The average Bonchev–Trinajstić information content (AvgIpc) is 2.94. The van der Waals surface area contributed by atoms with E-state index >= 15 is 0 Å². The van der Waals surface area contributed by atoms with Gasteiger partial charge in [0.1, 0.15) is 0 Å². The molecule has 27 heavy (non-hydrogen) atoms. The summed E-state index contributed by atoms with van der Waals surface area (Å²) < 4.78 is 31.9. The van der Waals surface area contributed by atoms with Crippen LogP contribution >= 0.6 is 0 Å². The van der Waals surface area contributed by atoms with Gasteiger partial charge in [-0.25, -0.2) is 13.2 Å². The van der Waals surface area contributed by atoms with Crippen LogP contribution in [0.3, 0.4) is 0 Å². The van der Waals surface area contributed by atoms with Crippen LogP contribution < -0.4 is 5.32 Å². The number of amides is 1. The number of benzene rings is 1. The van der Waals surface area contributed by atoms with E-state index in [2.05, 4.69) is 5.32 Å². The van der Waals surface area contributed by atoms with Crippen molar-refractivity contribution < 1.29 is 22.7 Å². The second-order valence-corrected chi connectivity index (χ2v) is 9.05. The fraction of sp³-hybridized carbons (Fsp3) is 0.579. The number of nitrogens with zero attached hydrogens (tertiary/aromatic N) is 1. The van der Waals surface area contributed by atoms with Crippen molar-refractivity contribution in [3.63, 3.8) is 0 Å². The van der Waals surface area contributed by atoms with Crippen LogP contribution in [-0.2, 0) is 19.6 Å². The van der Waals surface area contributed by atoms with E-state index in [1.165, 1.54) is 28.6 Å². The maximum atomic E-state index is 12.7. The van der Waals surface area contributed by atoms with Gasteiger partial charge in [-0.1, -0.05) is 26.7 Å². The van der Waals surface area contributed by atoms with E-state index in [4.69, 9.17) is 4.74 Å². The Bertz CT molecular complexity index is 736. The third-order valence-corrected chi connectivity index (χ3v) is 6.25. The minimum absolute atomic E-state index is 0.163. The topological polar surface area (TPSA) is 92.8 Å². The Morgan fingerprint density at radius 1 is 1.07 bits per heavy atom. The van der Waals surface area contributed by atoms with E-state index in [0.29, 0.717) is 25.6 Å². The molecule has 0 atom stereocenters. The molecule has 1 heterocycles. The Morgan fingerprint density at radius 2 is 1.67 bits per heavy atom. The minimum atomic E-state index is -3.55. The molecule has 1 saturated heterocycles. The predicted octanol–water partition coefficient (Wildman–Crippen LogP) is 2.18. The van der Waals surface area contributed by atoms with Gasteiger partial charge in [-0.15, -0.1) is 0 Å². The zero-order valence-corrected chi connectivity index (χ0v) is 16.8. The molecule has 1 aliphatic heterocycles. The molecule has 8 heteroatoms. The van der Waals surface area contributed by atoms with Crippen LogP contribution in [0.1, 0.15) is 49.9 Å². The van der Waals surface area contributed by atoms with Crippen LogP contribution in [0, 0.1) is 5.92 Å². The number of hydrogen-bond donors (Lipinski definition) is 1. The predicted molar refractivity (Wildman–Crippen MR) is 102 cm³/mol. The molecule has 0 saturated carbocycles. The molecule has 0 spiro atoms. The Kier molecular flexibility index (Phi) is 7.79. The molecule has 1 aromatic carbocycles. The van der Waals surface area contributed by atoms with Crippen molar-refractivity contribution in [1.29, 1.82) is 0 Å². The first kappa shape index (κ1) is 21.4. The Balaban J connectivity index is 1.95. The maximum absolute atomic E-state index is 12.7. The third kappa shape index (κ3) is 6.32. The first-order chi connectivity index (χ1) is 12.8. The first-order valence-electron chi connectivity index (χ1n) is 9.34. The van der Waals surface area contributed by atoms with Crippen LogP contribution in [0.15, 0.2) is 29.2 Å². The number of ether oxygens (including phenoxy) is 1. The smallest absolute Gasteiger partial charge is 0.338 e. The van der Waals surface area contributed by atoms with E-state index in [9.17, 15) is 18.0 Å². The van der Waals surface area contributed by atoms with Crippen LogP contribution in [0.4, 0.5) is 0 Å². The highest BCUT2D eigenvalue weighted by Crippen LogP contribution is 2.20. The lowest BCUT2D eigenvalue weighted by Gasteiger charge is -2.20. The number of rotatable bonds is 7. The molecule has 0 radical (unpaired) electrons. The largest absolute Gasteiger partial charge is 0.452 e. The highest BCUT2D eigenvalue weighted by atomic mass is 32.2. The quantitative estimate of drug-likeness (QED) is 0.713. The summed E-state index contributed by atoms with van der Waals surface area (Å²) in [5.74, 6) is -0.714.